The van der Waals surface area contributed by atoms with Crippen molar-refractivity contribution in [1.29, 1.82) is 0 Å². The van der Waals surface area contributed by atoms with Crippen LogP contribution in [0.15, 0.2) is 36.7 Å². The van der Waals surface area contributed by atoms with E-state index in [2.05, 4.69) is 15.3 Å². The largest absolute Gasteiger partial charge is 0.476 e. The van der Waals surface area contributed by atoms with Crippen molar-refractivity contribution in [1.82, 2.24) is 15.3 Å². The standard InChI is InChI=1S/C16H16FN3O3/c1-3-16(2,10-4-6-11(17)7-5-10)20-14(21)12-8-19-13(9-18-12)15(22)23/h4-9H,3H2,1-2H3,(H,20,21)(H,22,23). The molecule has 1 unspecified atom stereocenters. The molecule has 0 aliphatic heterocycles. The van der Waals surface area contributed by atoms with E-state index < -0.39 is 17.4 Å². The molecule has 7 heteroatoms. The molecule has 0 spiro atoms. The van der Waals surface area contributed by atoms with Gasteiger partial charge in [0.15, 0.2) is 5.69 Å². The van der Waals surface area contributed by atoms with Gasteiger partial charge < -0.3 is 10.4 Å². The molecule has 6 nitrogen and oxygen atoms in total. The fraction of sp³-hybridized carbons (Fsp3) is 0.250. The summed E-state index contributed by atoms with van der Waals surface area (Å²) in [5.41, 5.74) is -0.183. The maximum Gasteiger partial charge on any atom is 0.356 e. The summed E-state index contributed by atoms with van der Waals surface area (Å²) in [7, 11) is 0. The first-order chi connectivity index (χ1) is 10.9. The van der Waals surface area contributed by atoms with Crippen molar-refractivity contribution in [2.75, 3.05) is 0 Å². The molecule has 1 aromatic carbocycles. The van der Waals surface area contributed by atoms with Crippen molar-refractivity contribution in [3.05, 3.63) is 59.4 Å². The third-order valence-electron chi connectivity index (χ3n) is 3.68. The minimum Gasteiger partial charge on any atom is -0.476 e. The second-order valence-corrected chi connectivity index (χ2v) is 5.24. The number of aromatic nitrogens is 2. The molecular weight excluding hydrogens is 301 g/mol. The number of rotatable bonds is 5. The number of nitrogens with zero attached hydrogens (tertiary/aromatic N) is 2. The van der Waals surface area contributed by atoms with Crippen LogP contribution in [0.2, 0.25) is 0 Å². The van der Waals surface area contributed by atoms with E-state index in [9.17, 15) is 14.0 Å². The summed E-state index contributed by atoms with van der Waals surface area (Å²) in [5, 5.41) is 11.6. The first-order valence-electron chi connectivity index (χ1n) is 6.99. The van der Waals surface area contributed by atoms with Crippen LogP contribution in [0.4, 0.5) is 4.39 Å². The predicted octanol–water partition coefficient (Wildman–Crippen LogP) is 2.37. The average Bonchev–Trinajstić information content (AvgIpc) is 2.55. The second kappa shape index (κ2) is 6.51. The summed E-state index contributed by atoms with van der Waals surface area (Å²) in [6, 6.07) is 5.88. The van der Waals surface area contributed by atoms with E-state index in [4.69, 9.17) is 5.11 Å². The highest BCUT2D eigenvalue weighted by molar-refractivity contribution is 5.93. The molecular formula is C16H16FN3O3. The molecule has 23 heavy (non-hydrogen) atoms. The smallest absolute Gasteiger partial charge is 0.356 e. The fourth-order valence-corrected chi connectivity index (χ4v) is 2.05. The third-order valence-corrected chi connectivity index (χ3v) is 3.68. The molecule has 0 saturated carbocycles. The van der Waals surface area contributed by atoms with Gasteiger partial charge in [-0.3, -0.25) is 4.79 Å². The Kier molecular flexibility index (Phi) is 4.68. The number of hydrogen-bond acceptors (Lipinski definition) is 4. The first kappa shape index (κ1) is 16.5. The van der Waals surface area contributed by atoms with E-state index in [-0.39, 0.29) is 17.2 Å². The molecule has 0 fully saturated rings. The van der Waals surface area contributed by atoms with Gasteiger partial charge in [-0.15, -0.1) is 0 Å². The molecule has 120 valence electrons. The van der Waals surface area contributed by atoms with E-state index >= 15 is 0 Å². The van der Waals surface area contributed by atoms with Crippen molar-refractivity contribution < 1.29 is 19.1 Å². The van der Waals surface area contributed by atoms with E-state index in [1.807, 2.05) is 13.8 Å². The molecule has 2 rings (SSSR count). The number of amides is 1. The number of benzene rings is 1. The van der Waals surface area contributed by atoms with E-state index in [0.717, 1.165) is 18.0 Å². The van der Waals surface area contributed by atoms with Crippen LogP contribution in [-0.2, 0) is 5.54 Å². The van der Waals surface area contributed by atoms with Crippen molar-refractivity contribution >= 4 is 11.9 Å². The lowest BCUT2D eigenvalue weighted by molar-refractivity contribution is 0.0688. The number of carbonyl (C=O) groups excluding carboxylic acids is 1. The number of aromatic carboxylic acids is 1. The number of carboxylic acids is 1. The Balaban J connectivity index is 2.21. The SMILES string of the molecule is CCC(C)(NC(=O)c1cnc(C(=O)O)cn1)c1ccc(F)cc1. The quantitative estimate of drug-likeness (QED) is 0.883. The molecule has 1 atom stereocenters. The number of carbonyl (C=O) groups is 2. The number of halogens is 1. The molecule has 0 bridgehead atoms. The van der Waals surface area contributed by atoms with E-state index in [0.29, 0.717) is 6.42 Å². The normalized spacial score (nSPS) is 13.2. The van der Waals surface area contributed by atoms with Crippen LogP contribution in [0.3, 0.4) is 0 Å². The van der Waals surface area contributed by atoms with Crippen LogP contribution in [-0.4, -0.2) is 27.0 Å². The Morgan fingerprint density at radius 3 is 2.22 bits per heavy atom. The summed E-state index contributed by atoms with van der Waals surface area (Å²) in [6.07, 6.45) is 2.71. The first-order valence-corrected chi connectivity index (χ1v) is 6.99. The summed E-state index contributed by atoms with van der Waals surface area (Å²) in [4.78, 5) is 30.5. The van der Waals surface area contributed by atoms with Gasteiger partial charge in [-0.05, 0) is 31.0 Å². The molecule has 2 N–H and O–H groups in total. The van der Waals surface area contributed by atoms with E-state index in [1.54, 1.807) is 12.1 Å². The minimum atomic E-state index is -1.21. The van der Waals surface area contributed by atoms with Gasteiger partial charge in [-0.2, -0.15) is 0 Å². The Bertz CT molecular complexity index is 716. The molecule has 0 saturated heterocycles. The monoisotopic (exact) mass is 317 g/mol. The van der Waals surface area contributed by atoms with Gasteiger partial charge in [0.2, 0.25) is 0 Å². The predicted molar refractivity (Wildman–Crippen MR) is 80.5 cm³/mol. The summed E-state index contributed by atoms with van der Waals surface area (Å²) < 4.78 is 13.1. The van der Waals surface area contributed by atoms with Crippen LogP contribution in [0.1, 0.15) is 46.8 Å². The lowest BCUT2D eigenvalue weighted by atomic mass is 9.89. The Hall–Kier alpha value is -2.83. The van der Waals surface area contributed by atoms with Gasteiger partial charge >= 0.3 is 5.97 Å². The van der Waals surface area contributed by atoms with Gasteiger partial charge in [0.05, 0.1) is 17.9 Å². The molecule has 1 aromatic heterocycles. The Labute approximate surface area is 132 Å². The van der Waals surface area contributed by atoms with Crippen molar-refractivity contribution in [2.24, 2.45) is 0 Å². The number of nitrogens with one attached hydrogen (secondary N) is 1. The number of hydrogen-bond donors (Lipinski definition) is 2. The Morgan fingerprint density at radius 1 is 1.17 bits per heavy atom. The summed E-state index contributed by atoms with van der Waals surface area (Å²) in [6.45, 7) is 3.71. The lowest BCUT2D eigenvalue weighted by Crippen LogP contribution is -2.43. The van der Waals surface area contributed by atoms with Crippen molar-refractivity contribution in [2.45, 2.75) is 25.8 Å². The highest BCUT2D eigenvalue weighted by atomic mass is 19.1. The van der Waals surface area contributed by atoms with Crippen LogP contribution in [0, 0.1) is 5.82 Å². The zero-order valence-electron chi connectivity index (χ0n) is 12.7. The maximum absolute atomic E-state index is 13.1. The van der Waals surface area contributed by atoms with Gasteiger partial charge in [-0.1, -0.05) is 19.1 Å². The molecule has 0 radical (unpaired) electrons. The van der Waals surface area contributed by atoms with Gasteiger partial charge in [-0.25, -0.2) is 19.2 Å². The van der Waals surface area contributed by atoms with Crippen LogP contribution >= 0.6 is 0 Å². The van der Waals surface area contributed by atoms with Gasteiger partial charge in [0, 0.05) is 0 Å². The second-order valence-electron chi connectivity index (χ2n) is 5.24. The molecule has 0 aliphatic rings. The number of carboxylic acid groups (broad SMARTS) is 1. The highest BCUT2D eigenvalue weighted by Gasteiger charge is 2.27. The van der Waals surface area contributed by atoms with Crippen LogP contribution in [0.25, 0.3) is 0 Å². The minimum absolute atomic E-state index is 0.0109. The average molecular weight is 317 g/mol. The van der Waals surface area contributed by atoms with Crippen LogP contribution < -0.4 is 5.32 Å². The Morgan fingerprint density at radius 2 is 1.74 bits per heavy atom. The third kappa shape index (κ3) is 3.68. The zero-order valence-corrected chi connectivity index (χ0v) is 12.7. The molecule has 2 aromatic rings. The zero-order chi connectivity index (χ0) is 17.0. The fourth-order valence-electron chi connectivity index (χ4n) is 2.05. The molecule has 1 amide bonds. The lowest BCUT2D eigenvalue weighted by Gasteiger charge is -2.30. The molecule has 0 aliphatic carbocycles. The maximum atomic E-state index is 13.1. The van der Waals surface area contributed by atoms with E-state index in [1.165, 1.54) is 12.1 Å². The highest BCUT2D eigenvalue weighted by Crippen LogP contribution is 2.25. The van der Waals surface area contributed by atoms with Crippen molar-refractivity contribution in [3.8, 4) is 0 Å². The topological polar surface area (TPSA) is 92.2 Å². The van der Waals surface area contributed by atoms with Crippen molar-refractivity contribution in [3.63, 3.8) is 0 Å². The summed E-state index contributed by atoms with van der Waals surface area (Å²) >= 11 is 0. The summed E-state index contributed by atoms with van der Waals surface area (Å²) in [5.74, 6) is -2.05. The van der Waals surface area contributed by atoms with Gasteiger partial charge in [0.25, 0.3) is 5.91 Å². The van der Waals surface area contributed by atoms with Crippen LogP contribution in [0.5, 0.6) is 0 Å². The molecule has 1 heterocycles. The van der Waals surface area contributed by atoms with Gasteiger partial charge in [0.1, 0.15) is 11.5 Å².